The lowest BCUT2D eigenvalue weighted by molar-refractivity contribution is 0.111. The molecule has 0 aliphatic carbocycles. The van der Waals surface area contributed by atoms with Gasteiger partial charge in [0.2, 0.25) is 0 Å². The molecule has 0 bridgehead atoms. The molecule has 0 N–H and O–H groups in total. The van der Waals surface area contributed by atoms with Crippen molar-refractivity contribution in [3.05, 3.63) is 145 Å². The SMILES string of the molecule is O=Cc1ccc(-c2ccc(-c3ccc4ccc5ccc(-c6ccc(-c7ccc(C=O)cc7)cc6)nc5c4n3)cc2)cc1. The third-order valence-electron chi connectivity index (χ3n) is 7.64. The lowest BCUT2D eigenvalue weighted by Crippen LogP contribution is -1.91. The summed E-state index contributed by atoms with van der Waals surface area (Å²) in [6.07, 6.45) is 1.71. The number of aldehydes is 2. The van der Waals surface area contributed by atoms with E-state index >= 15 is 0 Å². The topological polar surface area (TPSA) is 59.9 Å². The number of fused-ring (bicyclic) bond motifs is 3. The highest BCUT2D eigenvalue weighted by Crippen LogP contribution is 2.31. The van der Waals surface area contributed by atoms with Crippen LogP contribution in [-0.2, 0) is 0 Å². The Kier molecular flexibility index (Phi) is 6.42. The molecule has 2 aromatic heterocycles. The first kappa shape index (κ1) is 25.2. The molecule has 0 radical (unpaired) electrons. The number of hydrogen-bond donors (Lipinski definition) is 0. The minimum Gasteiger partial charge on any atom is -0.298 e. The molecule has 0 unspecified atom stereocenters. The molecule has 7 aromatic rings. The first-order valence-corrected chi connectivity index (χ1v) is 13.7. The van der Waals surface area contributed by atoms with Gasteiger partial charge in [-0.2, -0.15) is 0 Å². The number of rotatable bonds is 6. The van der Waals surface area contributed by atoms with E-state index in [0.29, 0.717) is 11.1 Å². The van der Waals surface area contributed by atoms with Crippen molar-refractivity contribution >= 4 is 34.4 Å². The maximum atomic E-state index is 11.0. The van der Waals surface area contributed by atoms with Gasteiger partial charge in [0.1, 0.15) is 12.6 Å². The van der Waals surface area contributed by atoms with Crippen LogP contribution < -0.4 is 0 Å². The van der Waals surface area contributed by atoms with Crippen LogP contribution >= 0.6 is 0 Å². The number of aromatic nitrogens is 2. The van der Waals surface area contributed by atoms with E-state index in [-0.39, 0.29) is 0 Å². The summed E-state index contributed by atoms with van der Waals surface area (Å²) >= 11 is 0. The molecule has 0 atom stereocenters. The number of hydrogen-bond acceptors (Lipinski definition) is 4. The fraction of sp³-hybridized carbons (Fsp3) is 0. The largest absolute Gasteiger partial charge is 0.298 e. The van der Waals surface area contributed by atoms with Gasteiger partial charge in [0.25, 0.3) is 0 Å². The molecule has 0 aliphatic rings. The summed E-state index contributed by atoms with van der Waals surface area (Å²) in [4.78, 5) is 32.1. The summed E-state index contributed by atoms with van der Waals surface area (Å²) in [6, 6.07) is 44.3. The Balaban J connectivity index is 1.22. The molecule has 0 amide bonds. The maximum Gasteiger partial charge on any atom is 0.150 e. The zero-order valence-electron chi connectivity index (χ0n) is 22.6. The van der Waals surface area contributed by atoms with Gasteiger partial charge >= 0.3 is 0 Å². The molecule has 0 saturated heterocycles. The van der Waals surface area contributed by atoms with Crippen LogP contribution in [0.15, 0.2) is 133 Å². The van der Waals surface area contributed by atoms with Crippen molar-refractivity contribution < 1.29 is 9.59 Å². The molecule has 198 valence electrons. The molecule has 2 heterocycles. The van der Waals surface area contributed by atoms with Gasteiger partial charge in [-0.05, 0) is 34.4 Å². The van der Waals surface area contributed by atoms with Crippen molar-refractivity contribution in [2.24, 2.45) is 0 Å². The smallest absolute Gasteiger partial charge is 0.150 e. The van der Waals surface area contributed by atoms with Gasteiger partial charge in [-0.1, -0.05) is 121 Å². The van der Waals surface area contributed by atoms with Crippen molar-refractivity contribution in [1.29, 1.82) is 0 Å². The van der Waals surface area contributed by atoms with E-state index in [4.69, 9.17) is 9.97 Å². The van der Waals surface area contributed by atoms with Gasteiger partial charge in [-0.3, -0.25) is 9.59 Å². The summed E-state index contributed by atoms with van der Waals surface area (Å²) in [7, 11) is 0. The Morgan fingerprint density at radius 1 is 0.333 bits per heavy atom. The predicted molar refractivity (Wildman–Crippen MR) is 170 cm³/mol. The van der Waals surface area contributed by atoms with E-state index in [1.165, 1.54) is 0 Å². The molecule has 0 fully saturated rings. The van der Waals surface area contributed by atoms with Crippen LogP contribution in [0.25, 0.3) is 66.6 Å². The standard InChI is InChI=1S/C38H24N2O2/c41-23-25-1-5-27(6-2-25)29-9-13-31(14-10-29)35-21-19-33-17-18-34-20-22-36(40-38(34)37(33)39-35)32-15-11-30(12-16-32)28-7-3-26(24-42)4-8-28/h1-24H. The van der Waals surface area contributed by atoms with Gasteiger partial charge in [-0.15, -0.1) is 0 Å². The molecular weight excluding hydrogens is 516 g/mol. The van der Waals surface area contributed by atoms with E-state index in [2.05, 4.69) is 72.8 Å². The quantitative estimate of drug-likeness (QED) is 0.156. The monoisotopic (exact) mass is 540 g/mol. The minimum absolute atomic E-state index is 0.666. The fourth-order valence-electron chi connectivity index (χ4n) is 5.26. The number of nitrogens with zero attached hydrogens (tertiary/aromatic N) is 2. The first-order chi connectivity index (χ1) is 20.7. The summed E-state index contributed by atoms with van der Waals surface area (Å²) < 4.78 is 0. The van der Waals surface area contributed by atoms with Crippen molar-refractivity contribution in [1.82, 2.24) is 9.97 Å². The van der Waals surface area contributed by atoms with Gasteiger partial charge in [0, 0.05) is 33.0 Å². The van der Waals surface area contributed by atoms with Gasteiger partial charge in [0.05, 0.1) is 22.4 Å². The van der Waals surface area contributed by atoms with Crippen molar-refractivity contribution in [2.45, 2.75) is 0 Å². The third kappa shape index (κ3) is 4.76. The van der Waals surface area contributed by atoms with Crippen LogP contribution in [0.2, 0.25) is 0 Å². The van der Waals surface area contributed by atoms with Crippen LogP contribution in [0.3, 0.4) is 0 Å². The Hall–Kier alpha value is -5.74. The molecule has 5 aromatic carbocycles. The lowest BCUT2D eigenvalue weighted by Gasteiger charge is -2.09. The maximum absolute atomic E-state index is 11.0. The van der Waals surface area contributed by atoms with Gasteiger partial charge in [0.15, 0.2) is 0 Å². The number of carbonyl (C=O) groups is 2. The Morgan fingerprint density at radius 2 is 0.619 bits per heavy atom. The molecule has 4 heteroatoms. The summed E-state index contributed by atoms with van der Waals surface area (Å²) in [5, 5.41) is 2.08. The van der Waals surface area contributed by atoms with Crippen LogP contribution in [-0.4, -0.2) is 22.5 Å². The third-order valence-corrected chi connectivity index (χ3v) is 7.64. The highest BCUT2D eigenvalue weighted by Gasteiger charge is 2.10. The van der Waals surface area contributed by atoms with E-state index in [9.17, 15) is 9.59 Å². The van der Waals surface area contributed by atoms with Gasteiger partial charge in [-0.25, -0.2) is 9.97 Å². The second kappa shape index (κ2) is 10.7. The second-order valence-corrected chi connectivity index (χ2v) is 10.2. The zero-order valence-corrected chi connectivity index (χ0v) is 22.6. The Morgan fingerprint density at radius 3 is 0.952 bits per heavy atom. The molecule has 7 rings (SSSR count). The van der Waals surface area contributed by atoms with E-state index in [0.717, 1.165) is 79.1 Å². The van der Waals surface area contributed by atoms with Crippen LogP contribution in [0.4, 0.5) is 0 Å². The fourth-order valence-corrected chi connectivity index (χ4v) is 5.26. The highest BCUT2D eigenvalue weighted by molar-refractivity contribution is 6.04. The molecule has 0 spiro atoms. The molecule has 0 aliphatic heterocycles. The number of carbonyl (C=O) groups excluding carboxylic acids is 2. The molecule has 4 nitrogen and oxygen atoms in total. The second-order valence-electron chi connectivity index (χ2n) is 10.2. The summed E-state index contributed by atoms with van der Waals surface area (Å²) in [5.74, 6) is 0. The molecular formula is C38H24N2O2. The Labute approximate surface area is 243 Å². The number of benzene rings is 5. The predicted octanol–water partition coefficient (Wildman–Crippen LogP) is 9.08. The van der Waals surface area contributed by atoms with E-state index < -0.39 is 0 Å². The van der Waals surface area contributed by atoms with Crippen LogP contribution in [0, 0.1) is 0 Å². The van der Waals surface area contributed by atoms with Crippen molar-refractivity contribution in [3.8, 4) is 44.8 Å². The highest BCUT2D eigenvalue weighted by atomic mass is 16.1. The zero-order chi connectivity index (χ0) is 28.5. The summed E-state index contributed by atoms with van der Waals surface area (Å²) in [6.45, 7) is 0. The van der Waals surface area contributed by atoms with Gasteiger partial charge < -0.3 is 0 Å². The van der Waals surface area contributed by atoms with Crippen LogP contribution in [0.5, 0.6) is 0 Å². The molecule has 42 heavy (non-hydrogen) atoms. The first-order valence-electron chi connectivity index (χ1n) is 13.7. The van der Waals surface area contributed by atoms with E-state index in [1.54, 1.807) is 0 Å². The lowest BCUT2D eigenvalue weighted by atomic mass is 10.0. The normalized spacial score (nSPS) is 11.0. The average molecular weight is 541 g/mol. The van der Waals surface area contributed by atoms with Crippen molar-refractivity contribution in [2.75, 3.05) is 0 Å². The van der Waals surface area contributed by atoms with Crippen molar-refractivity contribution in [3.63, 3.8) is 0 Å². The summed E-state index contributed by atoms with van der Waals surface area (Å²) in [5.41, 5.74) is 11.2. The van der Waals surface area contributed by atoms with Crippen LogP contribution in [0.1, 0.15) is 20.7 Å². The number of pyridine rings is 2. The van der Waals surface area contributed by atoms with E-state index in [1.807, 2.05) is 60.7 Å². The molecule has 0 saturated carbocycles. The average Bonchev–Trinajstić information content (AvgIpc) is 3.08. The Bertz CT molecular complexity index is 1930. The minimum atomic E-state index is 0.666.